The lowest BCUT2D eigenvalue weighted by molar-refractivity contribution is -0.134. The first-order valence-electron chi connectivity index (χ1n) is 10.2. The molecule has 0 aliphatic carbocycles. The van der Waals surface area contributed by atoms with Gasteiger partial charge in [0.15, 0.2) is 0 Å². The molecule has 3 aromatic rings. The summed E-state index contributed by atoms with van der Waals surface area (Å²) in [5, 5.41) is 0. The summed E-state index contributed by atoms with van der Waals surface area (Å²) in [6, 6.07) is 25.9. The number of rotatable bonds is 5. The topological polar surface area (TPSA) is 47.9 Å². The van der Waals surface area contributed by atoms with Gasteiger partial charge in [-0.15, -0.1) is 0 Å². The van der Waals surface area contributed by atoms with E-state index in [1.807, 2.05) is 66.7 Å². The molecule has 0 bridgehead atoms. The van der Waals surface area contributed by atoms with Crippen molar-refractivity contribution in [3.05, 3.63) is 113 Å². The van der Waals surface area contributed by atoms with E-state index in [9.17, 15) is 4.79 Å². The Morgan fingerprint density at radius 1 is 0.935 bits per heavy atom. The molecule has 0 amide bonds. The van der Waals surface area contributed by atoms with Crippen LogP contribution >= 0.6 is 0 Å². The van der Waals surface area contributed by atoms with E-state index in [1.165, 1.54) is 18.7 Å². The quantitative estimate of drug-likeness (QED) is 0.386. The van der Waals surface area contributed by atoms with Gasteiger partial charge in [0, 0.05) is 22.8 Å². The van der Waals surface area contributed by atoms with Gasteiger partial charge < -0.3 is 9.47 Å². The van der Waals surface area contributed by atoms with Crippen LogP contribution in [0, 0.1) is 0 Å². The van der Waals surface area contributed by atoms with Gasteiger partial charge in [0.25, 0.3) is 0 Å². The summed E-state index contributed by atoms with van der Waals surface area (Å²) in [5.41, 5.74) is 5.53. The van der Waals surface area contributed by atoms with Crippen molar-refractivity contribution in [2.45, 2.75) is 13.3 Å². The number of aryl methyl sites for hydroxylation is 1. The van der Waals surface area contributed by atoms with Gasteiger partial charge in [0.05, 0.1) is 12.8 Å². The number of carbonyl (C=O) groups excluding carboxylic acids is 1. The summed E-state index contributed by atoms with van der Waals surface area (Å²) in [5.74, 6) is 0.741. The predicted octanol–water partition coefficient (Wildman–Crippen LogP) is 5.96. The smallest absolute Gasteiger partial charge is 0.330 e. The SMILES string of the molecule is CCc1ccc(C2=Nc3ccccc3/C(=C(\C=C\C(=O)OC)c3ccccc3)O2)cc1. The van der Waals surface area contributed by atoms with E-state index >= 15 is 0 Å². The first-order chi connectivity index (χ1) is 15.2. The Kier molecular flexibility index (Phi) is 6.08. The number of hydrogen-bond donors (Lipinski definition) is 0. The maximum Gasteiger partial charge on any atom is 0.330 e. The van der Waals surface area contributed by atoms with Crippen molar-refractivity contribution < 1.29 is 14.3 Å². The minimum Gasteiger partial charge on any atom is -0.466 e. The van der Waals surface area contributed by atoms with Crippen molar-refractivity contribution in [2.24, 2.45) is 4.99 Å². The predicted molar refractivity (Wildman–Crippen MR) is 124 cm³/mol. The minimum absolute atomic E-state index is 0.429. The molecule has 31 heavy (non-hydrogen) atoms. The fraction of sp³-hybridized carbons (Fsp3) is 0.111. The van der Waals surface area contributed by atoms with Crippen molar-refractivity contribution in [2.75, 3.05) is 7.11 Å². The zero-order valence-corrected chi connectivity index (χ0v) is 17.5. The molecule has 0 saturated heterocycles. The van der Waals surface area contributed by atoms with E-state index in [0.717, 1.165) is 34.4 Å². The highest BCUT2D eigenvalue weighted by atomic mass is 16.5. The van der Waals surface area contributed by atoms with Gasteiger partial charge in [-0.05, 0) is 47.9 Å². The Morgan fingerprint density at radius 2 is 1.65 bits per heavy atom. The van der Waals surface area contributed by atoms with Crippen LogP contribution < -0.4 is 0 Å². The molecule has 1 aliphatic heterocycles. The highest BCUT2D eigenvalue weighted by Crippen LogP contribution is 2.38. The van der Waals surface area contributed by atoms with Crippen LogP contribution in [0.25, 0.3) is 11.3 Å². The van der Waals surface area contributed by atoms with Crippen LogP contribution in [0.4, 0.5) is 5.69 Å². The standard InChI is InChI=1S/C27H23NO3/c1-3-19-13-15-21(16-14-19)27-28-24-12-8-7-11-23(24)26(31-27)22(17-18-25(29)30-2)20-9-5-4-6-10-20/h4-18H,3H2,1-2H3/b18-17+,26-22-. The third-order valence-electron chi connectivity index (χ3n) is 5.10. The number of esters is 1. The zero-order valence-electron chi connectivity index (χ0n) is 17.5. The molecule has 0 unspecified atom stereocenters. The molecule has 0 saturated carbocycles. The summed E-state index contributed by atoms with van der Waals surface area (Å²) >= 11 is 0. The Morgan fingerprint density at radius 3 is 2.35 bits per heavy atom. The largest absolute Gasteiger partial charge is 0.466 e. The Bertz CT molecular complexity index is 1170. The van der Waals surface area contributed by atoms with Gasteiger partial charge in [0.1, 0.15) is 5.76 Å². The second-order valence-corrected chi connectivity index (χ2v) is 7.05. The summed E-state index contributed by atoms with van der Waals surface area (Å²) in [6.07, 6.45) is 4.11. The van der Waals surface area contributed by atoms with Gasteiger partial charge in [-0.1, -0.05) is 61.5 Å². The average Bonchev–Trinajstić information content (AvgIpc) is 2.84. The molecule has 1 heterocycles. The van der Waals surface area contributed by atoms with E-state index in [4.69, 9.17) is 14.5 Å². The van der Waals surface area contributed by atoms with Crippen molar-refractivity contribution in [3.8, 4) is 0 Å². The number of benzene rings is 3. The van der Waals surface area contributed by atoms with Gasteiger partial charge in [-0.25, -0.2) is 9.79 Å². The van der Waals surface area contributed by atoms with Crippen LogP contribution in [0.3, 0.4) is 0 Å². The molecular formula is C27H23NO3. The van der Waals surface area contributed by atoms with Crippen LogP contribution in [0.5, 0.6) is 0 Å². The molecule has 4 nitrogen and oxygen atoms in total. The first kappa shape index (κ1) is 20.4. The Balaban J connectivity index is 1.89. The zero-order chi connectivity index (χ0) is 21.6. The summed E-state index contributed by atoms with van der Waals surface area (Å²) in [7, 11) is 1.36. The van der Waals surface area contributed by atoms with Crippen molar-refractivity contribution in [1.29, 1.82) is 0 Å². The van der Waals surface area contributed by atoms with E-state index in [2.05, 4.69) is 19.1 Å². The molecule has 0 spiro atoms. The van der Waals surface area contributed by atoms with Crippen LogP contribution in [0.1, 0.15) is 29.2 Å². The maximum atomic E-state index is 11.8. The van der Waals surface area contributed by atoms with Crippen LogP contribution in [0.15, 0.2) is 96.0 Å². The van der Waals surface area contributed by atoms with E-state index in [-0.39, 0.29) is 0 Å². The molecule has 0 aromatic heterocycles. The fourth-order valence-electron chi connectivity index (χ4n) is 3.39. The highest BCUT2D eigenvalue weighted by Gasteiger charge is 2.23. The molecular weight excluding hydrogens is 386 g/mol. The van der Waals surface area contributed by atoms with Gasteiger partial charge >= 0.3 is 5.97 Å². The van der Waals surface area contributed by atoms with Crippen LogP contribution in [-0.4, -0.2) is 19.0 Å². The number of carbonyl (C=O) groups is 1. The third-order valence-corrected chi connectivity index (χ3v) is 5.10. The second-order valence-electron chi connectivity index (χ2n) is 7.05. The summed E-state index contributed by atoms with van der Waals surface area (Å²) < 4.78 is 11.2. The maximum absolute atomic E-state index is 11.8. The number of fused-ring (bicyclic) bond motifs is 1. The lowest BCUT2D eigenvalue weighted by Crippen LogP contribution is -2.12. The molecule has 3 aromatic carbocycles. The number of para-hydroxylation sites is 1. The van der Waals surface area contributed by atoms with E-state index in [1.54, 1.807) is 6.08 Å². The number of allylic oxidation sites excluding steroid dienone is 2. The third kappa shape index (κ3) is 4.48. The second kappa shape index (κ2) is 9.26. The normalized spacial score (nSPS) is 14.5. The van der Waals surface area contributed by atoms with E-state index in [0.29, 0.717) is 11.7 Å². The summed E-state index contributed by atoms with van der Waals surface area (Å²) in [4.78, 5) is 16.6. The van der Waals surface area contributed by atoms with Gasteiger partial charge in [-0.3, -0.25) is 0 Å². The molecule has 154 valence electrons. The lowest BCUT2D eigenvalue weighted by Gasteiger charge is -2.22. The first-order valence-corrected chi connectivity index (χ1v) is 10.2. The van der Waals surface area contributed by atoms with Crippen molar-refractivity contribution >= 4 is 28.9 Å². The highest BCUT2D eigenvalue weighted by molar-refractivity contribution is 6.07. The molecule has 1 aliphatic rings. The summed E-state index contributed by atoms with van der Waals surface area (Å²) in [6.45, 7) is 2.13. The lowest BCUT2D eigenvalue weighted by atomic mass is 9.98. The average molecular weight is 409 g/mol. The molecule has 0 atom stereocenters. The Hall–Kier alpha value is -3.92. The molecule has 0 fully saturated rings. The van der Waals surface area contributed by atoms with Crippen LogP contribution in [0.2, 0.25) is 0 Å². The van der Waals surface area contributed by atoms with Crippen LogP contribution in [-0.2, 0) is 20.7 Å². The number of hydrogen-bond acceptors (Lipinski definition) is 4. The fourth-order valence-corrected chi connectivity index (χ4v) is 3.39. The molecule has 0 N–H and O–H groups in total. The number of methoxy groups -OCH3 is 1. The molecule has 4 rings (SSSR count). The number of aliphatic imine (C=N–C) groups is 1. The van der Waals surface area contributed by atoms with Crippen molar-refractivity contribution in [3.63, 3.8) is 0 Å². The number of nitrogens with zero attached hydrogens (tertiary/aromatic N) is 1. The Labute approximate surface area is 182 Å². The molecule has 4 heteroatoms. The minimum atomic E-state index is -0.429. The monoisotopic (exact) mass is 409 g/mol. The van der Waals surface area contributed by atoms with Gasteiger partial charge in [-0.2, -0.15) is 0 Å². The van der Waals surface area contributed by atoms with Crippen molar-refractivity contribution in [1.82, 2.24) is 0 Å². The van der Waals surface area contributed by atoms with E-state index < -0.39 is 5.97 Å². The molecule has 0 radical (unpaired) electrons. The number of ether oxygens (including phenoxy) is 2. The van der Waals surface area contributed by atoms with Gasteiger partial charge in [0.2, 0.25) is 5.90 Å².